The van der Waals surface area contributed by atoms with Crippen LogP contribution in [0.1, 0.15) is 18.4 Å². The Morgan fingerprint density at radius 3 is 2.68 bits per heavy atom. The lowest BCUT2D eigenvalue weighted by Gasteiger charge is -2.18. The van der Waals surface area contributed by atoms with Gasteiger partial charge in [-0.1, -0.05) is 30.3 Å². The standard InChI is InChI=1S/C14H19N3O2/c15-13(18)12(9-10-5-2-1-3-6-10)17-14(19)11-7-4-8-16-11/h1-3,5-6,11-12,16H,4,7-9H2,(H2,15,18)(H,17,19). The first-order chi connectivity index (χ1) is 9.16. The number of carbonyl (C=O) groups is 2. The zero-order chi connectivity index (χ0) is 13.7. The molecular formula is C14H19N3O2. The van der Waals surface area contributed by atoms with Crippen LogP contribution in [0.3, 0.4) is 0 Å². The van der Waals surface area contributed by atoms with E-state index >= 15 is 0 Å². The van der Waals surface area contributed by atoms with E-state index in [1.807, 2.05) is 30.3 Å². The molecule has 5 heteroatoms. The quantitative estimate of drug-likeness (QED) is 0.695. The minimum atomic E-state index is -0.655. The average Bonchev–Trinajstić information content (AvgIpc) is 2.93. The maximum atomic E-state index is 12.0. The maximum Gasteiger partial charge on any atom is 0.240 e. The molecule has 2 rings (SSSR count). The number of carbonyl (C=O) groups excluding carboxylic acids is 2. The Morgan fingerprint density at radius 1 is 1.37 bits per heavy atom. The van der Waals surface area contributed by atoms with E-state index in [2.05, 4.69) is 10.6 Å². The minimum Gasteiger partial charge on any atom is -0.368 e. The normalized spacial score (nSPS) is 19.9. The van der Waals surface area contributed by atoms with Gasteiger partial charge in [0.25, 0.3) is 0 Å². The van der Waals surface area contributed by atoms with Crippen LogP contribution in [0.5, 0.6) is 0 Å². The summed E-state index contributed by atoms with van der Waals surface area (Å²) < 4.78 is 0. The van der Waals surface area contributed by atoms with Gasteiger partial charge in [-0.2, -0.15) is 0 Å². The highest BCUT2D eigenvalue weighted by molar-refractivity contribution is 5.89. The molecule has 0 radical (unpaired) electrons. The molecule has 0 bridgehead atoms. The van der Waals surface area contributed by atoms with Gasteiger partial charge >= 0.3 is 0 Å². The molecule has 5 nitrogen and oxygen atoms in total. The van der Waals surface area contributed by atoms with Gasteiger partial charge in [-0.15, -0.1) is 0 Å². The Labute approximate surface area is 112 Å². The van der Waals surface area contributed by atoms with E-state index in [9.17, 15) is 9.59 Å². The molecule has 1 saturated heterocycles. The lowest BCUT2D eigenvalue weighted by Crippen LogP contribution is -2.51. The summed E-state index contributed by atoms with van der Waals surface area (Å²) in [5.74, 6) is -0.646. The Kier molecular flexibility index (Phi) is 4.52. The number of benzene rings is 1. The summed E-state index contributed by atoms with van der Waals surface area (Å²) in [4.78, 5) is 23.4. The van der Waals surface area contributed by atoms with Crippen molar-refractivity contribution in [2.75, 3.05) is 6.54 Å². The smallest absolute Gasteiger partial charge is 0.240 e. The maximum absolute atomic E-state index is 12.0. The number of primary amides is 1. The lowest BCUT2D eigenvalue weighted by atomic mass is 10.0. The van der Waals surface area contributed by atoms with Gasteiger partial charge in [0.1, 0.15) is 6.04 Å². The summed E-state index contributed by atoms with van der Waals surface area (Å²) >= 11 is 0. The van der Waals surface area contributed by atoms with Gasteiger partial charge < -0.3 is 16.4 Å². The van der Waals surface area contributed by atoms with Crippen molar-refractivity contribution in [3.05, 3.63) is 35.9 Å². The molecule has 2 atom stereocenters. The predicted octanol–water partition coefficient (Wildman–Crippen LogP) is -0.0488. The number of hydrogen-bond acceptors (Lipinski definition) is 3. The van der Waals surface area contributed by atoms with Gasteiger partial charge in [0.15, 0.2) is 0 Å². The first-order valence-corrected chi connectivity index (χ1v) is 6.54. The Hall–Kier alpha value is -1.88. The molecule has 1 aromatic rings. The number of hydrogen-bond donors (Lipinski definition) is 3. The van der Waals surface area contributed by atoms with E-state index in [0.29, 0.717) is 6.42 Å². The third-order valence-corrected chi connectivity index (χ3v) is 3.32. The van der Waals surface area contributed by atoms with Gasteiger partial charge in [-0.25, -0.2) is 0 Å². The van der Waals surface area contributed by atoms with Crippen molar-refractivity contribution in [1.29, 1.82) is 0 Å². The first-order valence-electron chi connectivity index (χ1n) is 6.54. The van der Waals surface area contributed by atoms with Crippen molar-refractivity contribution in [1.82, 2.24) is 10.6 Å². The van der Waals surface area contributed by atoms with Crippen LogP contribution in [0.15, 0.2) is 30.3 Å². The fraction of sp³-hybridized carbons (Fsp3) is 0.429. The number of nitrogens with two attached hydrogens (primary N) is 1. The lowest BCUT2D eigenvalue weighted by molar-refractivity contribution is -0.128. The third kappa shape index (κ3) is 3.79. The molecule has 2 amide bonds. The van der Waals surface area contributed by atoms with Crippen LogP contribution >= 0.6 is 0 Å². The monoisotopic (exact) mass is 261 g/mol. The molecule has 1 aromatic carbocycles. The second-order valence-corrected chi connectivity index (χ2v) is 4.80. The molecule has 19 heavy (non-hydrogen) atoms. The molecule has 1 heterocycles. The second-order valence-electron chi connectivity index (χ2n) is 4.80. The van der Waals surface area contributed by atoms with Crippen molar-refractivity contribution in [2.24, 2.45) is 5.73 Å². The highest BCUT2D eigenvalue weighted by Crippen LogP contribution is 2.07. The third-order valence-electron chi connectivity index (χ3n) is 3.32. The molecule has 0 spiro atoms. The minimum absolute atomic E-state index is 0.141. The zero-order valence-electron chi connectivity index (χ0n) is 10.8. The zero-order valence-corrected chi connectivity index (χ0v) is 10.8. The fourth-order valence-electron chi connectivity index (χ4n) is 2.25. The Bertz CT molecular complexity index is 441. The van der Waals surface area contributed by atoms with Gasteiger partial charge in [0, 0.05) is 6.42 Å². The van der Waals surface area contributed by atoms with Gasteiger partial charge in [0.05, 0.1) is 6.04 Å². The summed E-state index contributed by atoms with van der Waals surface area (Å²) in [6, 6.07) is 8.67. The van der Waals surface area contributed by atoms with Crippen LogP contribution in [0, 0.1) is 0 Å². The summed E-state index contributed by atoms with van der Waals surface area (Å²) in [5, 5.41) is 5.83. The number of rotatable bonds is 5. The molecular weight excluding hydrogens is 242 g/mol. The highest BCUT2D eigenvalue weighted by atomic mass is 16.2. The largest absolute Gasteiger partial charge is 0.368 e. The molecule has 4 N–H and O–H groups in total. The van der Waals surface area contributed by atoms with Gasteiger partial charge in [-0.3, -0.25) is 9.59 Å². The topological polar surface area (TPSA) is 84.2 Å². The molecule has 1 fully saturated rings. The molecule has 1 aliphatic rings. The highest BCUT2D eigenvalue weighted by Gasteiger charge is 2.26. The van der Waals surface area contributed by atoms with Crippen LogP contribution in [-0.4, -0.2) is 30.4 Å². The molecule has 1 aliphatic heterocycles. The van der Waals surface area contributed by atoms with Crippen molar-refractivity contribution in [2.45, 2.75) is 31.3 Å². The van der Waals surface area contributed by atoms with Gasteiger partial charge in [0.2, 0.25) is 11.8 Å². The average molecular weight is 261 g/mol. The Morgan fingerprint density at radius 2 is 2.11 bits per heavy atom. The van der Waals surface area contributed by atoms with E-state index in [-0.39, 0.29) is 11.9 Å². The van der Waals surface area contributed by atoms with E-state index in [1.54, 1.807) is 0 Å². The summed E-state index contributed by atoms with van der Waals surface area (Å²) in [6.45, 7) is 0.845. The summed E-state index contributed by atoms with van der Waals surface area (Å²) in [7, 11) is 0. The van der Waals surface area contributed by atoms with Crippen LogP contribution < -0.4 is 16.4 Å². The second kappa shape index (κ2) is 6.33. The SMILES string of the molecule is NC(=O)C(Cc1ccccc1)NC(=O)C1CCCN1. The first kappa shape index (κ1) is 13.5. The number of nitrogens with one attached hydrogen (secondary N) is 2. The van der Waals surface area contributed by atoms with Gasteiger partial charge in [-0.05, 0) is 24.9 Å². The van der Waals surface area contributed by atoms with E-state index < -0.39 is 11.9 Å². The summed E-state index contributed by atoms with van der Waals surface area (Å²) in [6.07, 6.45) is 2.22. The molecule has 2 unspecified atom stereocenters. The van der Waals surface area contributed by atoms with Crippen molar-refractivity contribution in [3.63, 3.8) is 0 Å². The van der Waals surface area contributed by atoms with Crippen LogP contribution in [-0.2, 0) is 16.0 Å². The fourth-order valence-corrected chi connectivity index (χ4v) is 2.25. The molecule has 102 valence electrons. The molecule has 0 saturated carbocycles. The predicted molar refractivity (Wildman–Crippen MR) is 72.3 cm³/mol. The number of amides is 2. The van der Waals surface area contributed by atoms with Crippen molar-refractivity contribution < 1.29 is 9.59 Å². The van der Waals surface area contributed by atoms with Crippen molar-refractivity contribution >= 4 is 11.8 Å². The Balaban J connectivity index is 1.96. The van der Waals surface area contributed by atoms with E-state index in [1.165, 1.54) is 0 Å². The molecule has 0 aromatic heterocycles. The van der Waals surface area contributed by atoms with E-state index in [4.69, 9.17) is 5.73 Å². The van der Waals surface area contributed by atoms with Crippen LogP contribution in [0.25, 0.3) is 0 Å². The van der Waals surface area contributed by atoms with Crippen LogP contribution in [0.2, 0.25) is 0 Å². The van der Waals surface area contributed by atoms with E-state index in [0.717, 1.165) is 24.9 Å². The van der Waals surface area contributed by atoms with Crippen molar-refractivity contribution in [3.8, 4) is 0 Å². The van der Waals surface area contributed by atoms with Crippen LogP contribution in [0.4, 0.5) is 0 Å². The molecule has 0 aliphatic carbocycles. The summed E-state index contributed by atoms with van der Waals surface area (Å²) in [5.41, 5.74) is 6.34.